The van der Waals surface area contributed by atoms with Crippen molar-refractivity contribution in [2.75, 3.05) is 6.54 Å². The average Bonchev–Trinajstić information content (AvgIpc) is 2.37. The van der Waals surface area contributed by atoms with Crippen molar-refractivity contribution in [1.29, 1.82) is 0 Å². The van der Waals surface area contributed by atoms with Gasteiger partial charge >= 0.3 is 5.97 Å². The minimum Gasteiger partial charge on any atom is -0.479 e. The molecule has 3 N–H and O–H groups in total. The molecule has 1 atom stereocenters. The number of hydrogen-bond acceptors (Lipinski definition) is 3. The Morgan fingerprint density at radius 2 is 1.89 bits per heavy atom. The summed E-state index contributed by atoms with van der Waals surface area (Å²) in [6.07, 6.45) is 8.81. The quantitative estimate of drug-likeness (QED) is 0.657. The number of carboxylic acids is 1. The molecular weight excluding hydrogens is 246 g/mol. The Morgan fingerprint density at radius 3 is 2.47 bits per heavy atom. The zero-order valence-electron chi connectivity index (χ0n) is 11.7. The van der Waals surface area contributed by atoms with Crippen LogP contribution in [0.15, 0.2) is 0 Å². The van der Waals surface area contributed by atoms with Crippen LogP contribution in [-0.2, 0) is 9.59 Å². The SMILES string of the molecule is CC(O)(CNC(=O)CCCC1CCCCC1)C(=O)O. The van der Waals surface area contributed by atoms with Crippen LogP contribution in [0.3, 0.4) is 0 Å². The van der Waals surface area contributed by atoms with Crippen molar-refractivity contribution in [2.45, 2.75) is 63.9 Å². The van der Waals surface area contributed by atoms with Crippen LogP contribution in [0.4, 0.5) is 0 Å². The summed E-state index contributed by atoms with van der Waals surface area (Å²) in [5.74, 6) is -0.754. The molecule has 5 heteroatoms. The second-order valence-corrected chi connectivity index (χ2v) is 5.75. The normalized spacial score (nSPS) is 19.7. The van der Waals surface area contributed by atoms with E-state index in [1.54, 1.807) is 0 Å². The molecule has 0 radical (unpaired) electrons. The van der Waals surface area contributed by atoms with Crippen molar-refractivity contribution in [3.63, 3.8) is 0 Å². The number of nitrogens with one attached hydrogen (secondary N) is 1. The number of carboxylic acid groups (broad SMARTS) is 1. The minimum absolute atomic E-state index is 0.183. The molecule has 0 aromatic carbocycles. The largest absolute Gasteiger partial charge is 0.479 e. The first-order chi connectivity index (χ1) is 8.92. The van der Waals surface area contributed by atoms with Crippen LogP contribution in [0.5, 0.6) is 0 Å². The van der Waals surface area contributed by atoms with E-state index >= 15 is 0 Å². The fourth-order valence-corrected chi connectivity index (χ4v) is 2.46. The summed E-state index contributed by atoms with van der Waals surface area (Å²) in [7, 11) is 0. The summed E-state index contributed by atoms with van der Waals surface area (Å²) in [5.41, 5.74) is -1.89. The lowest BCUT2D eigenvalue weighted by molar-refractivity contribution is -0.156. The number of carbonyl (C=O) groups excluding carboxylic acids is 1. The van der Waals surface area contributed by atoms with E-state index in [4.69, 9.17) is 5.11 Å². The van der Waals surface area contributed by atoms with Gasteiger partial charge in [-0.15, -0.1) is 0 Å². The number of aliphatic carboxylic acids is 1. The van der Waals surface area contributed by atoms with Gasteiger partial charge in [-0.2, -0.15) is 0 Å². The van der Waals surface area contributed by atoms with E-state index in [2.05, 4.69) is 5.32 Å². The zero-order valence-corrected chi connectivity index (χ0v) is 11.7. The van der Waals surface area contributed by atoms with Gasteiger partial charge in [-0.1, -0.05) is 32.1 Å². The van der Waals surface area contributed by atoms with Crippen molar-refractivity contribution >= 4 is 11.9 Å². The maximum absolute atomic E-state index is 11.5. The molecule has 0 heterocycles. The number of amides is 1. The van der Waals surface area contributed by atoms with Gasteiger partial charge in [0.05, 0.1) is 6.54 Å². The monoisotopic (exact) mass is 271 g/mol. The lowest BCUT2D eigenvalue weighted by atomic mass is 9.86. The highest BCUT2D eigenvalue weighted by molar-refractivity contribution is 5.80. The zero-order chi connectivity index (χ0) is 14.3. The highest BCUT2D eigenvalue weighted by atomic mass is 16.4. The van der Waals surface area contributed by atoms with Gasteiger partial charge in [-0.25, -0.2) is 4.79 Å². The van der Waals surface area contributed by atoms with Gasteiger partial charge in [-0.05, 0) is 25.7 Å². The molecule has 0 aromatic rings. The predicted molar refractivity (Wildman–Crippen MR) is 71.7 cm³/mol. The molecule has 0 spiro atoms. The van der Waals surface area contributed by atoms with E-state index in [9.17, 15) is 14.7 Å². The van der Waals surface area contributed by atoms with Gasteiger partial charge in [0.1, 0.15) is 0 Å². The molecular formula is C14H25NO4. The van der Waals surface area contributed by atoms with Crippen LogP contribution in [0.25, 0.3) is 0 Å². The van der Waals surface area contributed by atoms with E-state index in [1.807, 2.05) is 0 Å². The molecule has 1 aliphatic rings. The molecule has 1 aliphatic carbocycles. The highest BCUT2D eigenvalue weighted by Gasteiger charge is 2.30. The number of carbonyl (C=O) groups is 2. The fourth-order valence-electron chi connectivity index (χ4n) is 2.46. The molecule has 0 aliphatic heterocycles. The summed E-state index contributed by atoms with van der Waals surface area (Å²) >= 11 is 0. The Balaban J connectivity index is 2.12. The molecule has 1 amide bonds. The van der Waals surface area contributed by atoms with Gasteiger partial charge in [0.15, 0.2) is 5.60 Å². The number of hydrogen-bond donors (Lipinski definition) is 3. The molecule has 110 valence electrons. The van der Waals surface area contributed by atoms with Crippen molar-refractivity contribution in [3.05, 3.63) is 0 Å². The Kier molecular flexibility index (Phi) is 6.28. The summed E-state index contributed by atoms with van der Waals surface area (Å²) in [5, 5.41) is 20.6. The van der Waals surface area contributed by atoms with Crippen LogP contribution < -0.4 is 5.32 Å². The lowest BCUT2D eigenvalue weighted by Gasteiger charge is -2.21. The Hall–Kier alpha value is -1.10. The Bertz CT molecular complexity index is 309. The first kappa shape index (κ1) is 16.0. The van der Waals surface area contributed by atoms with Gasteiger partial charge in [0.25, 0.3) is 0 Å². The lowest BCUT2D eigenvalue weighted by Crippen LogP contribution is -2.46. The second-order valence-electron chi connectivity index (χ2n) is 5.75. The van der Waals surface area contributed by atoms with Crippen LogP contribution in [-0.4, -0.2) is 34.2 Å². The Labute approximate surface area is 114 Å². The second kappa shape index (κ2) is 7.48. The predicted octanol–water partition coefficient (Wildman–Crippen LogP) is 1.69. The number of rotatable bonds is 7. The van der Waals surface area contributed by atoms with Crippen molar-refractivity contribution in [1.82, 2.24) is 5.32 Å². The first-order valence-corrected chi connectivity index (χ1v) is 7.14. The summed E-state index contributed by atoms with van der Waals surface area (Å²) < 4.78 is 0. The van der Waals surface area contributed by atoms with E-state index in [0.29, 0.717) is 6.42 Å². The third-order valence-electron chi connectivity index (χ3n) is 3.83. The van der Waals surface area contributed by atoms with Crippen LogP contribution in [0.2, 0.25) is 0 Å². The number of aliphatic hydroxyl groups is 1. The third-order valence-corrected chi connectivity index (χ3v) is 3.83. The van der Waals surface area contributed by atoms with Crippen molar-refractivity contribution in [2.24, 2.45) is 5.92 Å². The molecule has 5 nitrogen and oxygen atoms in total. The van der Waals surface area contributed by atoms with Gasteiger partial charge in [-0.3, -0.25) is 4.79 Å². The topological polar surface area (TPSA) is 86.6 Å². The molecule has 1 unspecified atom stereocenters. The standard InChI is InChI=1S/C14H25NO4/c1-14(19,13(17)18)10-15-12(16)9-5-8-11-6-3-2-4-7-11/h11,19H,2-10H2,1H3,(H,15,16)(H,17,18). The van der Waals surface area contributed by atoms with Gasteiger partial charge in [0.2, 0.25) is 5.91 Å². The van der Waals surface area contributed by atoms with E-state index < -0.39 is 11.6 Å². The molecule has 1 rings (SSSR count). The van der Waals surface area contributed by atoms with E-state index in [-0.39, 0.29) is 12.5 Å². The van der Waals surface area contributed by atoms with Crippen molar-refractivity contribution in [3.8, 4) is 0 Å². The summed E-state index contributed by atoms with van der Waals surface area (Å²) in [6.45, 7) is 0.933. The van der Waals surface area contributed by atoms with Crippen molar-refractivity contribution < 1.29 is 19.8 Å². The van der Waals surface area contributed by atoms with Crippen LogP contribution in [0.1, 0.15) is 58.3 Å². The average molecular weight is 271 g/mol. The van der Waals surface area contributed by atoms with Gasteiger partial charge < -0.3 is 15.5 Å². The summed E-state index contributed by atoms with van der Waals surface area (Å²) in [6, 6.07) is 0. The third kappa shape index (κ3) is 6.05. The Morgan fingerprint density at radius 1 is 1.26 bits per heavy atom. The van der Waals surface area contributed by atoms with E-state index in [1.165, 1.54) is 39.0 Å². The summed E-state index contributed by atoms with van der Waals surface area (Å²) in [4.78, 5) is 22.2. The van der Waals surface area contributed by atoms with E-state index in [0.717, 1.165) is 18.8 Å². The fraction of sp³-hybridized carbons (Fsp3) is 0.857. The molecule has 1 fully saturated rings. The molecule has 19 heavy (non-hydrogen) atoms. The van der Waals surface area contributed by atoms with Gasteiger partial charge in [0, 0.05) is 6.42 Å². The first-order valence-electron chi connectivity index (χ1n) is 7.14. The highest BCUT2D eigenvalue weighted by Crippen LogP contribution is 2.27. The molecule has 0 aromatic heterocycles. The van der Waals surface area contributed by atoms with Crippen LogP contribution in [0, 0.1) is 5.92 Å². The molecule has 0 bridgehead atoms. The minimum atomic E-state index is -1.89. The molecule has 1 saturated carbocycles. The smallest absolute Gasteiger partial charge is 0.337 e. The maximum Gasteiger partial charge on any atom is 0.337 e. The maximum atomic E-state index is 11.5. The molecule has 0 saturated heterocycles. The van der Waals surface area contributed by atoms with Crippen LogP contribution >= 0.6 is 0 Å².